The summed E-state index contributed by atoms with van der Waals surface area (Å²) in [5, 5.41) is 3.11. The summed E-state index contributed by atoms with van der Waals surface area (Å²) < 4.78 is 19.0. The van der Waals surface area contributed by atoms with Crippen LogP contribution < -0.4 is 15.8 Å². The molecule has 0 heterocycles. The molecule has 3 nitrogen and oxygen atoms in total. The average Bonchev–Trinajstić information content (AvgIpc) is 2.35. The topological polar surface area (TPSA) is 47.3 Å². The number of nitrogens with one attached hydrogen (secondary N) is 1. The second-order valence-electron chi connectivity index (χ2n) is 3.71. The van der Waals surface area contributed by atoms with Crippen molar-refractivity contribution in [1.29, 1.82) is 0 Å². The van der Waals surface area contributed by atoms with Gasteiger partial charge in [-0.1, -0.05) is 0 Å². The number of benzene rings is 2. The number of halogens is 2. The van der Waals surface area contributed by atoms with Crippen LogP contribution >= 0.6 is 15.9 Å². The van der Waals surface area contributed by atoms with Crippen molar-refractivity contribution in [1.82, 2.24) is 0 Å². The molecule has 3 N–H and O–H groups in total. The van der Waals surface area contributed by atoms with Crippen LogP contribution in [0.5, 0.6) is 5.75 Å². The molecule has 5 heteroatoms. The highest BCUT2D eigenvalue weighted by Crippen LogP contribution is 2.30. The molecule has 0 aliphatic heterocycles. The number of anilines is 3. The third-order valence-corrected chi connectivity index (χ3v) is 3.10. The summed E-state index contributed by atoms with van der Waals surface area (Å²) in [7, 11) is 1.59. The fourth-order valence-corrected chi connectivity index (χ4v) is 1.95. The molecule has 0 atom stereocenters. The maximum Gasteiger partial charge on any atom is 0.135 e. The molecule has 2 rings (SSSR count). The summed E-state index contributed by atoms with van der Waals surface area (Å²) in [5.41, 5.74) is 7.55. The minimum absolute atomic E-state index is 0.355. The molecule has 0 radical (unpaired) electrons. The molecule has 0 aliphatic rings. The summed E-state index contributed by atoms with van der Waals surface area (Å²) in [6.45, 7) is 0. The zero-order valence-corrected chi connectivity index (χ0v) is 11.3. The first-order chi connectivity index (χ1) is 8.60. The van der Waals surface area contributed by atoms with E-state index < -0.39 is 0 Å². The molecule has 2 aromatic carbocycles. The molecule has 0 spiro atoms. The number of ether oxygens (including phenoxy) is 1. The lowest BCUT2D eigenvalue weighted by Crippen LogP contribution is -1.97. The van der Waals surface area contributed by atoms with Crippen LogP contribution in [0.2, 0.25) is 0 Å². The summed E-state index contributed by atoms with van der Waals surface area (Å²) in [5.74, 6) is 0.354. The van der Waals surface area contributed by atoms with Crippen molar-refractivity contribution in [2.24, 2.45) is 0 Å². The van der Waals surface area contributed by atoms with Gasteiger partial charge < -0.3 is 15.8 Å². The Hall–Kier alpha value is -1.75. The van der Waals surface area contributed by atoms with Gasteiger partial charge >= 0.3 is 0 Å². The van der Waals surface area contributed by atoms with Crippen LogP contribution in [-0.2, 0) is 0 Å². The molecule has 18 heavy (non-hydrogen) atoms. The van der Waals surface area contributed by atoms with Crippen molar-refractivity contribution in [3.8, 4) is 5.75 Å². The predicted molar refractivity (Wildman–Crippen MR) is 74.8 cm³/mol. The van der Waals surface area contributed by atoms with E-state index in [4.69, 9.17) is 10.5 Å². The van der Waals surface area contributed by atoms with Gasteiger partial charge in [0.2, 0.25) is 0 Å². The zero-order valence-electron chi connectivity index (χ0n) is 9.71. The first-order valence-electron chi connectivity index (χ1n) is 5.26. The molecule has 2 aromatic rings. The fraction of sp³-hybridized carbons (Fsp3) is 0.0769. The van der Waals surface area contributed by atoms with Crippen LogP contribution in [0.3, 0.4) is 0 Å². The third-order valence-electron chi connectivity index (χ3n) is 2.44. The van der Waals surface area contributed by atoms with Gasteiger partial charge in [0.1, 0.15) is 11.6 Å². The van der Waals surface area contributed by atoms with Gasteiger partial charge in [-0.05, 0) is 46.3 Å². The van der Waals surface area contributed by atoms with Crippen molar-refractivity contribution >= 4 is 33.0 Å². The molecule has 0 aromatic heterocycles. The Morgan fingerprint density at radius 3 is 2.67 bits per heavy atom. The number of nitrogens with two attached hydrogens (primary N) is 1. The molecular formula is C13H12BrFN2O. The fourth-order valence-electron chi connectivity index (χ4n) is 1.54. The van der Waals surface area contributed by atoms with Crippen molar-refractivity contribution < 1.29 is 9.13 Å². The van der Waals surface area contributed by atoms with Crippen LogP contribution in [0.4, 0.5) is 21.5 Å². The van der Waals surface area contributed by atoms with E-state index in [9.17, 15) is 4.39 Å². The van der Waals surface area contributed by atoms with Gasteiger partial charge in [0.05, 0.1) is 23.0 Å². The maximum absolute atomic E-state index is 12.9. The van der Waals surface area contributed by atoms with Crippen LogP contribution in [0.25, 0.3) is 0 Å². The normalized spacial score (nSPS) is 10.2. The highest BCUT2D eigenvalue weighted by atomic mass is 79.9. The molecule has 0 saturated carbocycles. The molecular weight excluding hydrogens is 299 g/mol. The van der Waals surface area contributed by atoms with E-state index in [1.807, 2.05) is 18.2 Å². The Bertz CT molecular complexity index is 575. The highest BCUT2D eigenvalue weighted by Gasteiger charge is 2.04. The van der Waals surface area contributed by atoms with Crippen molar-refractivity contribution in [2.45, 2.75) is 0 Å². The summed E-state index contributed by atoms with van der Waals surface area (Å²) in [6, 6.07) is 9.79. The molecule has 0 fully saturated rings. The Morgan fingerprint density at radius 1 is 1.22 bits per heavy atom. The minimum atomic E-state index is -0.355. The lowest BCUT2D eigenvalue weighted by Gasteiger charge is -2.11. The van der Waals surface area contributed by atoms with Gasteiger partial charge in [0.25, 0.3) is 0 Å². The second kappa shape index (κ2) is 5.27. The Balaban J connectivity index is 2.28. The minimum Gasteiger partial charge on any atom is -0.495 e. The Kier molecular flexibility index (Phi) is 3.72. The first kappa shape index (κ1) is 12.7. The lowest BCUT2D eigenvalue weighted by atomic mass is 10.2. The van der Waals surface area contributed by atoms with Crippen LogP contribution in [0.15, 0.2) is 40.9 Å². The van der Waals surface area contributed by atoms with E-state index in [-0.39, 0.29) is 5.82 Å². The standard InChI is InChI=1S/C13H12BrFN2O/c1-18-13-7-9(3-4-10(13)14)17-12-5-2-8(15)6-11(12)16/h2-7,17H,16H2,1H3. The number of hydrogen-bond donors (Lipinski definition) is 2. The number of hydrogen-bond acceptors (Lipinski definition) is 3. The van der Waals surface area contributed by atoms with Crippen LogP contribution in [0.1, 0.15) is 0 Å². The van der Waals surface area contributed by atoms with Crippen molar-refractivity contribution in [3.05, 3.63) is 46.7 Å². The molecule has 0 aliphatic carbocycles. The van der Waals surface area contributed by atoms with Gasteiger partial charge in [0, 0.05) is 11.8 Å². The van der Waals surface area contributed by atoms with Gasteiger partial charge in [-0.15, -0.1) is 0 Å². The first-order valence-corrected chi connectivity index (χ1v) is 6.05. The van der Waals surface area contributed by atoms with E-state index in [0.717, 1.165) is 10.2 Å². The largest absolute Gasteiger partial charge is 0.495 e. The van der Waals surface area contributed by atoms with Gasteiger partial charge in [-0.3, -0.25) is 0 Å². The van der Waals surface area contributed by atoms with E-state index >= 15 is 0 Å². The monoisotopic (exact) mass is 310 g/mol. The van der Waals surface area contributed by atoms with Crippen LogP contribution in [0, 0.1) is 5.82 Å². The van der Waals surface area contributed by atoms with Crippen molar-refractivity contribution in [3.63, 3.8) is 0 Å². The van der Waals surface area contributed by atoms with Crippen molar-refractivity contribution in [2.75, 3.05) is 18.2 Å². The van der Waals surface area contributed by atoms with Crippen LogP contribution in [-0.4, -0.2) is 7.11 Å². The van der Waals surface area contributed by atoms with Gasteiger partial charge in [-0.25, -0.2) is 4.39 Å². The molecule has 0 saturated heterocycles. The summed E-state index contributed by atoms with van der Waals surface area (Å²) in [4.78, 5) is 0. The zero-order chi connectivity index (χ0) is 13.1. The Labute approximate surface area is 113 Å². The second-order valence-corrected chi connectivity index (χ2v) is 4.56. The molecule has 0 bridgehead atoms. The summed E-state index contributed by atoms with van der Waals surface area (Å²) in [6.07, 6.45) is 0. The molecule has 94 valence electrons. The SMILES string of the molecule is COc1cc(Nc2ccc(F)cc2N)ccc1Br. The lowest BCUT2D eigenvalue weighted by molar-refractivity contribution is 0.412. The van der Waals surface area contributed by atoms with E-state index in [1.54, 1.807) is 13.2 Å². The summed E-state index contributed by atoms with van der Waals surface area (Å²) >= 11 is 3.37. The van der Waals surface area contributed by atoms with E-state index in [1.165, 1.54) is 12.1 Å². The molecule has 0 unspecified atom stereocenters. The molecule has 0 amide bonds. The van der Waals surface area contributed by atoms with E-state index in [0.29, 0.717) is 17.1 Å². The quantitative estimate of drug-likeness (QED) is 0.845. The van der Waals surface area contributed by atoms with Gasteiger partial charge in [-0.2, -0.15) is 0 Å². The smallest absolute Gasteiger partial charge is 0.135 e. The van der Waals surface area contributed by atoms with E-state index in [2.05, 4.69) is 21.2 Å². The third kappa shape index (κ3) is 2.73. The average molecular weight is 311 g/mol. The highest BCUT2D eigenvalue weighted by molar-refractivity contribution is 9.10. The number of methoxy groups -OCH3 is 1. The number of rotatable bonds is 3. The van der Waals surface area contributed by atoms with Gasteiger partial charge in [0.15, 0.2) is 0 Å². The Morgan fingerprint density at radius 2 is 2.00 bits per heavy atom. The number of nitrogen functional groups attached to an aromatic ring is 1. The maximum atomic E-state index is 12.9. The predicted octanol–water partition coefficient (Wildman–Crippen LogP) is 3.92.